The molecule has 222 valence electrons. The number of rotatable bonds is 4. The van der Waals surface area contributed by atoms with Crippen molar-refractivity contribution in [1.82, 2.24) is 19.1 Å². The summed E-state index contributed by atoms with van der Waals surface area (Å²) in [5, 5.41) is 2.36. The molecule has 0 saturated heterocycles. The number of ether oxygens (including phenoxy) is 1. The third-order valence-electron chi connectivity index (χ3n) is 9.00. The fourth-order valence-electron chi connectivity index (χ4n) is 6.48. The molecule has 0 bridgehead atoms. The number of imidazole rings is 1. The van der Waals surface area contributed by atoms with E-state index >= 15 is 0 Å². The van der Waals surface area contributed by atoms with Crippen molar-refractivity contribution in [2.24, 2.45) is 0 Å². The Kier molecular flexibility index (Phi) is 6.10. The van der Waals surface area contributed by atoms with Crippen molar-refractivity contribution >= 4 is 33.2 Å². The first-order chi connectivity index (χ1) is 21.8. The van der Waals surface area contributed by atoms with Crippen molar-refractivity contribution in [3.63, 3.8) is 0 Å². The van der Waals surface area contributed by atoms with Gasteiger partial charge in [-0.25, -0.2) is 9.97 Å². The molecular weight excluding hydrogens is 554 g/mol. The summed E-state index contributed by atoms with van der Waals surface area (Å²) < 4.78 is 11.3. The van der Waals surface area contributed by atoms with Crippen LogP contribution in [0, 0.1) is 13.8 Å². The molecule has 7 aromatic rings. The highest BCUT2D eigenvalue weighted by Gasteiger charge is 2.28. The van der Waals surface area contributed by atoms with Crippen LogP contribution in [0.2, 0.25) is 0 Å². The van der Waals surface area contributed by atoms with E-state index in [2.05, 4.69) is 139 Å². The molecule has 0 unspecified atom stereocenters. The predicted molar refractivity (Wildman–Crippen MR) is 183 cm³/mol. The van der Waals surface area contributed by atoms with Crippen molar-refractivity contribution in [3.05, 3.63) is 126 Å². The van der Waals surface area contributed by atoms with Gasteiger partial charge in [-0.3, -0.25) is 4.57 Å². The van der Waals surface area contributed by atoms with Crippen LogP contribution in [0.4, 0.5) is 11.4 Å². The molecule has 1 aliphatic rings. The first-order valence-corrected chi connectivity index (χ1v) is 15.4. The Labute approximate surface area is 263 Å². The zero-order valence-electron chi connectivity index (χ0n) is 26.2. The number of fused-ring (bicyclic) bond motifs is 6. The highest BCUT2D eigenvalue weighted by atomic mass is 16.5. The number of pyridine rings is 1. The highest BCUT2D eigenvalue weighted by Crippen LogP contribution is 2.43. The summed E-state index contributed by atoms with van der Waals surface area (Å²) in [6.07, 6.45) is 1.84. The minimum Gasteiger partial charge on any atom is -0.457 e. The Morgan fingerprint density at radius 1 is 0.733 bits per heavy atom. The molecule has 4 aromatic carbocycles. The average molecular weight is 590 g/mol. The number of nitrogens with zero attached hydrogens (tertiary/aromatic N) is 5. The lowest BCUT2D eigenvalue weighted by molar-refractivity contribution is 0.479. The van der Waals surface area contributed by atoms with Gasteiger partial charge in [-0.15, -0.1) is 0 Å². The molecule has 0 aliphatic carbocycles. The van der Waals surface area contributed by atoms with Gasteiger partial charge < -0.3 is 14.2 Å². The lowest BCUT2D eigenvalue weighted by Gasteiger charge is -2.34. The van der Waals surface area contributed by atoms with Gasteiger partial charge in [0, 0.05) is 46.0 Å². The molecule has 0 radical (unpaired) electrons. The topological polar surface area (TPSA) is 48.1 Å². The van der Waals surface area contributed by atoms with Crippen LogP contribution in [0.3, 0.4) is 0 Å². The van der Waals surface area contributed by atoms with E-state index in [0.717, 1.165) is 56.8 Å². The molecule has 0 N–H and O–H groups in total. The summed E-state index contributed by atoms with van der Waals surface area (Å²) in [7, 11) is 0. The van der Waals surface area contributed by atoms with Crippen molar-refractivity contribution in [2.75, 3.05) is 4.90 Å². The molecule has 4 heterocycles. The van der Waals surface area contributed by atoms with Gasteiger partial charge >= 0.3 is 0 Å². The average Bonchev–Trinajstić information content (AvgIpc) is 3.53. The van der Waals surface area contributed by atoms with Crippen LogP contribution in [0.5, 0.6) is 11.5 Å². The number of aryl methyl sites for hydroxylation is 1. The normalized spacial score (nSPS) is 12.9. The molecule has 0 atom stereocenters. The predicted octanol–water partition coefficient (Wildman–Crippen LogP) is 9.86. The summed E-state index contributed by atoms with van der Waals surface area (Å²) in [4.78, 5) is 12.0. The first-order valence-electron chi connectivity index (χ1n) is 15.4. The van der Waals surface area contributed by atoms with Crippen molar-refractivity contribution in [1.29, 1.82) is 0 Å². The van der Waals surface area contributed by atoms with E-state index in [1.807, 2.05) is 24.4 Å². The Morgan fingerprint density at radius 3 is 2.33 bits per heavy atom. The molecule has 0 saturated carbocycles. The molecule has 3 aromatic heterocycles. The van der Waals surface area contributed by atoms with E-state index < -0.39 is 0 Å². The van der Waals surface area contributed by atoms with Crippen molar-refractivity contribution in [3.8, 4) is 28.7 Å². The number of anilines is 2. The van der Waals surface area contributed by atoms with Gasteiger partial charge in [-0.1, -0.05) is 57.2 Å². The van der Waals surface area contributed by atoms with E-state index in [9.17, 15) is 0 Å². The van der Waals surface area contributed by atoms with E-state index in [0.29, 0.717) is 6.67 Å². The van der Waals surface area contributed by atoms with Gasteiger partial charge in [-0.05, 0) is 79.4 Å². The fourth-order valence-corrected chi connectivity index (χ4v) is 6.48. The lowest BCUT2D eigenvalue weighted by atomic mass is 9.86. The van der Waals surface area contributed by atoms with E-state index in [1.54, 1.807) is 0 Å². The maximum absolute atomic E-state index is 6.75. The molecule has 8 rings (SSSR count). The Bertz CT molecular complexity index is 2240. The lowest BCUT2D eigenvalue weighted by Crippen LogP contribution is -2.27. The molecular formula is C39H35N5O. The second-order valence-electron chi connectivity index (χ2n) is 12.9. The third-order valence-corrected chi connectivity index (χ3v) is 9.00. The maximum atomic E-state index is 6.75. The maximum Gasteiger partial charge on any atom is 0.144 e. The van der Waals surface area contributed by atoms with Crippen LogP contribution in [0.25, 0.3) is 39.0 Å². The molecule has 6 nitrogen and oxygen atoms in total. The Balaban J connectivity index is 1.25. The van der Waals surface area contributed by atoms with Gasteiger partial charge in [0.25, 0.3) is 0 Å². The van der Waals surface area contributed by atoms with Gasteiger partial charge in [0.05, 0.1) is 22.4 Å². The van der Waals surface area contributed by atoms with E-state index in [1.165, 1.54) is 22.0 Å². The monoisotopic (exact) mass is 589 g/mol. The zero-order valence-corrected chi connectivity index (χ0v) is 26.2. The van der Waals surface area contributed by atoms with E-state index in [4.69, 9.17) is 9.72 Å². The summed E-state index contributed by atoms with van der Waals surface area (Å²) in [6.45, 7) is 11.7. The van der Waals surface area contributed by atoms with E-state index in [-0.39, 0.29) is 5.41 Å². The number of para-hydroxylation sites is 2. The minimum absolute atomic E-state index is 0.0779. The van der Waals surface area contributed by atoms with Gasteiger partial charge in [0.2, 0.25) is 0 Å². The van der Waals surface area contributed by atoms with Crippen LogP contribution in [0.1, 0.15) is 37.7 Å². The van der Waals surface area contributed by atoms with Crippen LogP contribution in [0.15, 0.2) is 109 Å². The fraction of sp³-hybridized carbons (Fsp3) is 0.179. The smallest absolute Gasteiger partial charge is 0.144 e. The molecule has 45 heavy (non-hydrogen) atoms. The first kappa shape index (κ1) is 27.2. The van der Waals surface area contributed by atoms with Crippen molar-refractivity contribution in [2.45, 2.75) is 46.7 Å². The second kappa shape index (κ2) is 10.1. The number of benzene rings is 4. The third kappa shape index (κ3) is 4.48. The summed E-state index contributed by atoms with van der Waals surface area (Å²) in [6, 6.07) is 36.0. The highest BCUT2D eigenvalue weighted by molar-refractivity contribution is 6.09. The Hall–Kier alpha value is -5.36. The van der Waals surface area contributed by atoms with Crippen LogP contribution < -0.4 is 9.64 Å². The zero-order chi connectivity index (χ0) is 30.9. The molecule has 0 fully saturated rings. The summed E-state index contributed by atoms with van der Waals surface area (Å²) in [5.41, 5.74) is 8.93. The molecule has 6 heteroatoms. The quantitative estimate of drug-likeness (QED) is 0.205. The van der Waals surface area contributed by atoms with Crippen molar-refractivity contribution < 1.29 is 4.74 Å². The van der Waals surface area contributed by atoms with Gasteiger partial charge in [0.15, 0.2) is 0 Å². The number of aromatic nitrogens is 4. The molecule has 0 spiro atoms. The largest absolute Gasteiger partial charge is 0.457 e. The second-order valence-corrected chi connectivity index (χ2v) is 12.9. The van der Waals surface area contributed by atoms with Crippen LogP contribution in [-0.4, -0.2) is 19.1 Å². The summed E-state index contributed by atoms with van der Waals surface area (Å²) >= 11 is 0. The van der Waals surface area contributed by atoms with Gasteiger partial charge in [-0.2, -0.15) is 0 Å². The molecule has 0 amide bonds. The van der Waals surface area contributed by atoms with Gasteiger partial charge in [0.1, 0.15) is 29.8 Å². The van der Waals surface area contributed by atoms with Crippen LogP contribution in [-0.2, 0) is 12.1 Å². The molecule has 1 aliphatic heterocycles. The number of hydrogen-bond donors (Lipinski definition) is 0. The minimum atomic E-state index is -0.0779. The summed E-state index contributed by atoms with van der Waals surface area (Å²) in [5.74, 6) is 3.49. The standard InChI is InChI=1S/C39H35N5O/c1-25-26(2)42-24-43(34-14-8-7-13-33(34)38(42)41-25)28-20-27(39(3,4)5)21-30(22-28)45-29-17-18-32-31-12-6-9-15-35(31)44(36(32)23-29)37-16-10-11-19-40-37/h6-23H,24H2,1-5H3. The number of hydrogen-bond acceptors (Lipinski definition) is 4. The van der Waals surface area contributed by atoms with Crippen LogP contribution >= 0.6 is 0 Å². The Morgan fingerprint density at radius 2 is 1.51 bits per heavy atom. The SMILES string of the molecule is Cc1nc2n(c1C)CN(c1cc(Oc3ccc4c5ccccc5n(-c5ccccn5)c4c3)cc(C(C)(C)C)c1)c1ccccc1-2.